The van der Waals surface area contributed by atoms with Gasteiger partial charge in [0.1, 0.15) is 23.4 Å². The molecule has 3 aliphatic heterocycles. The van der Waals surface area contributed by atoms with Crippen molar-refractivity contribution in [3.05, 3.63) is 53.0 Å². The summed E-state index contributed by atoms with van der Waals surface area (Å²) in [6.07, 6.45) is 2.20. The maximum atomic E-state index is 12.5. The van der Waals surface area contributed by atoms with Gasteiger partial charge in [-0.15, -0.1) is 0 Å². The van der Waals surface area contributed by atoms with Crippen LogP contribution in [0.15, 0.2) is 30.3 Å². The third-order valence-electron chi connectivity index (χ3n) is 6.18. The van der Waals surface area contributed by atoms with Gasteiger partial charge in [-0.2, -0.15) is 0 Å². The second-order valence-electron chi connectivity index (χ2n) is 8.07. The molecule has 0 saturated carbocycles. The summed E-state index contributed by atoms with van der Waals surface area (Å²) < 4.78 is 0. The smallest absolute Gasteiger partial charge is 0.270 e. The Morgan fingerprint density at radius 1 is 0.967 bits per heavy atom. The monoisotopic (exact) mass is 406 g/mol. The first kappa shape index (κ1) is 19.0. The number of amides is 2. The highest BCUT2D eigenvalue weighted by Crippen LogP contribution is 2.27. The first-order valence-corrected chi connectivity index (χ1v) is 10.7. The minimum Gasteiger partial charge on any atom is -0.353 e. The number of nitrogens with zero attached hydrogens (tertiary/aromatic N) is 4. The number of aromatic nitrogens is 2. The number of carbonyl (C=O) groups is 2. The van der Waals surface area contributed by atoms with E-state index in [2.05, 4.69) is 37.6 Å². The number of rotatable bonds is 4. The first-order chi connectivity index (χ1) is 14.7. The molecule has 2 N–H and O–H groups in total. The Hall–Kier alpha value is -3.00. The standard InChI is InChI=1S/C22H26N6O2/c29-21-17-14-28(13-12-27(17)11-10-24-21)20-16-8-9-23-22(30)19(16)25-18(26-20)7-6-15-4-2-1-3-5-15/h1-5,17H,6-14H2,(H,23,30)(H,24,29). The Morgan fingerprint density at radius 2 is 1.83 bits per heavy atom. The molecule has 2 fully saturated rings. The molecule has 1 aromatic heterocycles. The molecule has 5 rings (SSSR count). The zero-order valence-electron chi connectivity index (χ0n) is 16.9. The predicted molar refractivity (Wildman–Crippen MR) is 113 cm³/mol. The molecular formula is C22H26N6O2. The molecule has 8 heteroatoms. The number of nitrogens with one attached hydrogen (secondary N) is 2. The number of carbonyl (C=O) groups excluding carboxylic acids is 2. The number of piperazine rings is 2. The molecule has 4 heterocycles. The molecule has 156 valence electrons. The van der Waals surface area contributed by atoms with E-state index in [-0.39, 0.29) is 17.9 Å². The van der Waals surface area contributed by atoms with Crippen molar-refractivity contribution >= 4 is 17.6 Å². The van der Waals surface area contributed by atoms with Gasteiger partial charge < -0.3 is 15.5 Å². The van der Waals surface area contributed by atoms with Crippen molar-refractivity contribution in [2.45, 2.75) is 25.3 Å². The average molecular weight is 406 g/mol. The van der Waals surface area contributed by atoms with Gasteiger partial charge in [0.25, 0.3) is 5.91 Å². The van der Waals surface area contributed by atoms with E-state index in [9.17, 15) is 9.59 Å². The Labute approximate surface area is 175 Å². The minimum absolute atomic E-state index is 0.0796. The lowest BCUT2D eigenvalue weighted by Crippen LogP contribution is -2.64. The van der Waals surface area contributed by atoms with E-state index in [1.54, 1.807) is 0 Å². The molecule has 1 atom stereocenters. The highest BCUT2D eigenvalue weighted by atomic mass is 16.2. The van der Waals surface area contributed by atoms with E-state index in [1.165, 1.54) is 5.56 Å². The normalized spacial score (nSPS) is 21.5. The van der Waals surface area contributed by atoms with Crippen LogP contribution >= 0.6 is 0 Å². The second kappa shape index (κ2) is 8.02. The third kappa shape index (κ3) is 3.63. The first-order valence-electron chi connectivity index (χ1n) is 10.7. The lowest BCUT2D eigenvalue weighted by Gasteiger charge is -2.44. The van der Waals surface area contributed by atoms with Crippen LogP contribution in [0.4, 0.5) is 5.82 Å². The Kier molecular flexibility index (Phi) is 5.08. The fourth-order valence-corrected chi connectivity index (χ4v) is 4.56. The second-order valence-corrected chi connectivity index (χ2v) is 8.07. The lowest BCUT2D eigenvalue weighted by atomic mass is 10.0. The SMILES string of the molecule is O=C1NCCc2c1nc(CCc1ccccc1)nc2N1CCN2CCNC(=O)C2C1. The van der Waals surface area contributed by atoms with Gasteiger partial charge in [0.05, 0.1) is 0 Å². The van der Waals surface area contributed by atoms with Gasteiger partial charge in [-0.1, -0.05) is 30.3 Å². The van der Waals surface area contributed by atoms with Gasteiger partial charge in [-0.05, 0) is 18.4 Å². The molecule has 0 aliphatic carbocycles. The van der Waals surface area contributed by atoms with Gasteiger partial charge >= 0.3 is 0 Å². The summed E-state index contributed by atoms with van der Waals surface area (Å²) in [7, 11) is 0. The largest absolute Gasteiger partial charge is 0.353 e. The third-order valence-corrected chi connectivity index (χ3v) is 6.18. The molecular weight excluding hydrogens is 380 g/mol. The summed E-state index contributed by atoms with van der Waals surface area (Å²) >= 11 is 0. The summed E-state index contributed by atoms with van der Waals surface area (Å²) in [5, 5.41) is 5.87. The minimum atomic E-state index is -0.164. The van der Waals surface area contributed by atoms with E-state index >= 15 is 0 Å². The van der Waals surface area contributed by atoms with Crippen molar-refractivity contribution in [3.8, 4) is 0 Å². The Bertz CT molecular complexity index is 964. The zero-order valence-corrected chi connectivity index (χ0v) is 16.9. The molecule has 0 spiro atoms. The molecule has 0 bridgehead atoms. The van der Waals surface area contributed by atoms with Crippen molar-refractivity contribution in [1.82, 2.24) is 25.5 Å². The van der Waals surface area contributed by atoms with Crippen LogP contribution in [0.25, 0.3) is 0 Å². The fourth-order valence-electron chi connectivity index (χ4n) is 4.56. The van der Waals surface area contributed by atoms with Crippen LogP contribution in [-0.2, 0) is 24.1 Å². The lowest BCUT2D eigenvalue weighted by molar-refractivity contribution is -0.129. The topological polar surface area (TPSA) is 90.5 Å². The van der Waals surface area contributed by atoms with Gasteiger partial charge in [0, 0.05) is 51.3 Å². The predicted octanol–water partition coefficient (Wildman–Crippen LogP) is 0.168. The van der Waals surface area contributed by atoms with Crippen LogP contribution < -0.4 is 15.5 Å². The summed E-state index contributed by atoms with van der Waals surface area (Å²) in [5.74, 6) is 1.46. The van der Waals surface area contributed by atoms with Gasteiger partial charge in [-0.25, -0.2) is 9.97 Å². The van der Waals surface area contributed by atoms with Gasteiger partial charge in [-0.3, -0.25) is 14.5 Å². The maximum Gasteiger partial charge on any atom is 0.270 e. The number of benzene rings is 1. The molecule has 8 nitrogen and oxygen atoms in total. The molecule has 0 radical (unpaired) electrons. The van der Waals surface area contributed by atoms with Crippen LogP contribution in [0.3, 0.4) is 0 Å². The summed E-state index contributed by atoms with van der Waals surface area (Å²) in [5.41, 5.74) is 2.62. The van der Waals surface area contributed by atoms with Crippen molar-refractivity contribution in [3.63, 3.8) is 0 Å². The molecule has 2 amide bonds. The van der Waals surface area contributed by atoms with E-state index in [0.29, 0.717) is 44.0 Å². The molecule has 3 aliphatic rings. The summed E-state index contributed by atoms with van der Waals surface area (Å²) in [6, 6.07) is 10.1. The van der Waals surface area contributed by atoms with Crippen LogP contribution in [0, 0.1) is 0 Å². The summed E-state index contributed by atoms with van der Waals surface area (Å²) in [6.45, 7) is 4.40. The van der Waals surface area contributed by atoms with Crippen molar-refractivity contribution < 1.29 is 9.59 Å². The van der Waals surface area contributed by atoms with Crippen LogP contribution in [0.2, 0.25) is 0 Å². The van der Waals surface area contributed by atoms with E-state index < -0.39 is 0 Å². The number of hydrogen-bond acceptors (Lipinski definition) is 6. The highest BCUT2D eigenvalue weighted by Gasteiger charge is 2.37. The van der Waals surface area contributed by atoms with Crippen molar-refractivity contribution in [1.29, 1.82) is 0 Å². The van der Waals surface area contributed by atoms with Crippen LogP contribution in [-0.4, -0.2) is 72.0 Å². The molecule has 1 unspecified atom stereocenters. The van der Waals surface area contributed by atoms with Gasteiger partial charge in [0.2, 0.25) is 5.91 Å². The summed E-state index contributed by atoms with van der Waals surface area (Å²) in [4.78, 5) is 38.9. The average Bonchev–Trinajstić information content (AvgIpc) is 2.78. The van der Waals surface area contributed by atoms with Crippen molar-refractivity contribution in [2.75, 3.05) is 44.2 Å². The highest BCUT2D eigenvalue weighted by molar-refractivity contribution is 5.96. The zero-order chi connectivity index (χ0) is 20.5. The number of fused-ring (bicyclic) bond motifs is 2. The molecule has 2 aromatic rings. The quantitative estimate of drug-likeness (QED) is 0.752. The molecule has 1 aromatic carbocycles. The Morgan fingerprint density at radius 3 is 2.70 bits per heavy atom. The van der Waals surface area contributed by atoms with E-state index in [1.807, 2.05) is 18.2 Å². The van der Waals surface area contributed by atoms with Crippen LogP contribution in [0.1, 0.15) is 27.4 Å². The Balaban J connectivity index is 1.45. The van der Waals surface area contributed by atoms with E-state index in [4.69, 9.17) is 4.98 Å². The number of hydrogen-bond donors (Lipinski definition) is 2. The molecule has 2 saturated heterocycles. The van der Waals surface area contributed by atoms with Crippen molar-refractivity contribution in [2.24, 2.45) is 0 Å². The number of anilines is 1. The number of aryl methyl sites for hydroxylation is 2. The maximum absolute atomic E-state index is 12.5. The van der Waals surface area contributed by atoms with Gasteiger partial charge in [0.15, 0.2) is 0 Å². The molecule has 30 heavy (non-hydrogen) atoms. The van der Waals surface area contributed by atoms with Crippen LogP contribution in [0.5, 0.6) is 0 Å². The fraction of sp³-hybridized carbons (Fsp3) is 0.455. The van der Waals surface area contributed by atoms with E-state index in [0.717, 1.165) is 37.4 Å².